The van der Waals surface area contributed by atoms with E-state index in [9.17, 15) is 27.6 Å². The third-order valence-corrected chi connectivity index (χ3v) is 3.76. The number of halogens is 3. The van der Waals surface area contributed by atoms with Crippen molar-refractivity contribution in [3.05, 3.63) is 32.6 Å². The number of nitrogens with zero attached hydrogens (tertiary/aromatic N) is 1. The normalized spacial score (nSPS) is 22.2. The van der Waals surface area contributed by atoms with Crippen molar-refractivity contribution in [1.29, 1.82) is 0 Å². The van der Waals surface area contributed by atoms with E-state index < -0.39 is 47.4 Å². The van der Waals surface area contributed by atoms with Crippen LogP contribution in [0, 0.1) is 11.8 Å². The van der Waals surface area contributed by atoms with E-state index in [-0.39, 0.29) is 19.6 Å². The van der Waals surface area contributed by atoms with Gasteiger partial charge in [0.15, 0.2) is 0 Å². The third kappa shape index (κ3) is 5.21. The summed E-state index contributed by atoms with van der Waals surface area (Å²) in [5.74, 6) is 4.71. The summed E-state index contributed by atoms with van der Waals surface area (Å²) in [4.78, 5) is 36.0. The minimum atomic E-state index is -4.94. The molecule has 0 saturated carbocycles. The maximum atomic E-state index is 12.9. The molecule has 0 radical (unpaired) electrons. The number of alkyl halides is 3. The molecule has 0 spiro atoms. The van der Waals surface area contributed by atoms with Crippen LogP contribution in [0.4, 0.5) is 13.2 Å². The highest BCUT2D eigenvalue weighted by molar-refractivity contribution is 5.65. The van der Waals surface area contributed by atoms with E-state index in [0.717, 1.165) is 0 Å². The van der Waals surface area contributed by atoms with Crippen molar-refractivity contribution in [2.24, 2.45) is 0 Å². The summed E-state index contributed by atoms with van der Waals surface area (Å²) in [5.41, 5.74) is -4.12. The van der Waals surface area contributed by atoms with Crippen LogP contribution in [0.15, 0.2) is 15.8 Å². The molecule has 0 amide bonds. The number of nitrogens with one attached hydrogen (secondary N) is 1. The molecule has 27 heavy (non-hydrogen) atoms. The molecule has 1 fully saturated rings. The zero-order valence-corrected chi connectivity index (χ0v) is 14.5. The smallest absolute Gasteiger partial charge is 0.423 e. The topological polar surface area (TPSA) is 99.6 Å². The number of carbonyl (C=O) groups is 1. The predicted molar refractivity (Wildman–Crippen MR) is 84.7 cm³/mol. The van der Waals surface area contributed by atoms with E-state index in [1.54, 1.807) is 11.9 Å². The van der Waals surface area contributed by atoms with Crippen LogP contribution in [0.5, 0.6) is 0 Å². The lowest BCUT2D eigenvalue weighted by Gasteiger charge is -2.18. The second-order valence-electron chi connectivity index (χ2n) is 5.65. The lowest BCUT2D eigenvalue weighted by molar-refractivity contribution is -0.148. The van der Waals surface area contributed by atoms with Crippen LogP contribution in [0.3, 0.4) is 0 Å². The van der Waals surface area contributed by atoms with Crippen LogP contribution < -0.4 is 11.2 Å². The molecule has 2 heterocycles. The number of hydrogen-bond donors (Lipinski definition) is 1. The third-order valence-electron chi connectivity index (χ3n) is 3.76. The standard InChI is InChI=1S/C16H17F3N2O6/c1-3-4-5-25-11-6-13(27-12(11)8-26-9(2)22)21-7-10(16(17,18)19)14(23)20-15(21)24/h7,11-13H,5-6,8H2,1-2H3,(H,20,23,24)/t11-,12+,13+/m0/s1. The fraction of sp³-hybridized carbons (Fsp3) is 0.562. The minimum absolute atomic E-state index is 0.000569. The molecule has 0 unspecified atom stereocenters. The Morgan fingerprint density at radius 1 is 1.44 bits per heavy atom. The van der Waals surface area contributed by atoms with Crippen molar-refractivity contribution in [3.63, 3.8) is 0 Å². The van der Waals surface area contributed by atoms with Gasteiger partial charge in [-0.25, -0.2) is 4.79 Å². The van der Waals surface area contributed by atoms with Gasteiger partial charge in [-0.05, 0) is 6.92 Å². The number of carbonyl (C=O) groups excluding carboxylic acids is 1. The molecule has 1 N–H and O–H groups in total. The van der Waals surface area contributed by atoms with Gasteiger partial charge >= 0.3 is 17.8 Å². The van der Waals surface area contributed by atoms with Gasteiger partial charge in [0.1, 0.15) is 31.1 Å². The number of esters is 1. The predicted octanol–water partition coefficient (Wildman–Crippen LogP) is 0.814. The second-order valence-corrected chi connectivity index (χ2v) is 5.65. The molecule has 148 valence electrons. The lowest BCUT2D eigenvalue weighted by Crippen LogP contribution is -2.36. The summed E-state index contributed by atoms with van der Waals surface area (Å²) in [7, 11) is 0. The molecule has 3 atom stereocenters. The van der Waals surface area contributed by atoms with Gasteiger partial charge in [-0.2, -0.15) is 13.2 Å². The van der Waals surface area contributed by atoms with E-state index in [1.807, 2.05) is 0 Å². The van der Waals surface area contributed by atoms with Crippen molar-refractivity contribution in [2.75, 3.05) is 13.2 Å². The quantitative estimate of drug-likeness (QED) is 0.590. The van der Waals surface area contributed by atoms with E-state index in [0.29, 0.717) is 10.8 Å². The Kier molecular flexibility index (Phi) is 6.45. The van der Waals surface area contributed by atoms with Gasteiger partial charge in [0.25, 0.3) is 5.56 Å². The van der Waals surface area contributed by atoms with Crippen molar-refractivity contribution < 1.29 is 32.2 Å². The second kappa shape index (κ2) is 8.41. The number of H-pyrrole nitrogens is 1. The van der Waals surface area contributed by atoms with Gasteiger partial charge in [0.05, 0.1) is 6.10 Å². The summed E-state index contributed by atoms with van der Waals surface area (Å²) >= 11 is 0. The first kappa shape index (κ1) is 20.7. The SMILES string of the molecule is CC#CCO[C@H]1C[C@H](n2cc(C(F)(F)F)c(=O)[nH]c2=O)O[C@@H]1COC(C)=O. The van der Waals surface area contributed by atoms with Gasteiger partial charge in [-0.3, -0.25) is 19.1 Å². The van der Waals surface area contributed by atoms with Gasteiger partial charge in [-0.1, -0.05) is 5.92 Å². The molecule has 1 aliphatic heterocycles. The average molecular weight is 390 g/mol. The Balaban J connectivity index is 2.29. The van der Waals surface area contributed by atoms with Gasteiger partial charge in [-0.15, -0.1) is 5.92 Å². The Labute approximate surface area is 151 Å². The molecule has 1 aliphatic rings. The number of aromatic nitrogens is 2. The molecular formula is C16H17F3N2O6. The van der Waals surface area contributed by atoms with Crippen molar-refractivity contribution in [3.8, 4) is 11.8 Å². The molecule has 0 bridgehead atoms. The Hall–Kier alpha value is -2.58. The van der Waals surface area contributed by atoms with Crippen LogP contribution in [0.2, 0.25) is 0 Å². The number of hydrogen-bond acceptors (Lipinski definition) is 6. The van der Waals surface area contributed by atoms with Crippen LogP contribution in [0.1, 0.15) is 32.1 Å². The monoisotopic (exact) mass is 390 g/mol. The zero-order chi connectivity index (χ0) is 20.2. The summed E-state index contributed by atoms with van der Waals surface area (Å²) in [6.07, 6.45) is -7.17. The number of rotatable bonds is 5. The lowest BCUT2D eigenvalue weighted by atomic mass is 10.2. The largest absolute Gasteiger partial charge is 0.463 e. The van der Waals surface area contributed by atoms with Gasteiger partial charge < -0.3 is 14.2 Å². The molecular weight excluding hydrogens is 373 g/mol. The summed E-state index contributed by atoms with van der Waals surface area (Å²) < 4.78 is 55.4. The molecule has 1 saturated heterocycles. The molecule has 11 heteroatoms. The highest BCUT2D eigenvalue weighted by Gasteiger charge is 2.40. The first-order valence-corrected chi connectivity index (χ1v) is 7.86. The molecule has 8 nitrogen and oxygen atoms in total. The number of ether oxygens (including phenoxy) is 3. The average Bonchev–Trinajstić information content (AvgIpc) is 2.95. The van der Waals surface area contributed by atoms with Crippen molar-refractivity contribution in [1.82, 2.24) is 9.55 Å². The Bertz CT molecular complexity index is 864. The zero-order valence-electron chi connectivity index (χ0n) is 14.5. The summed E-state index contributed by atoms with van der Waals surface area (Å²) in [6.45, 7) is 2.61. The number of aromatic amines is 1. The van der Waals surface area contributed by atoms with Crippen molar-refractivity contribution in [2.45, 2.75) is 44.9 Å². The van der Waals surface area contributed by atoms with Crippen LogP contribution in [-0.2, 0) is 25.2 Å². The van der Waals surface area contributed by atoms with E-state index in [4.69, 9.17) is 14.2 Å². The van der Waals surface area contributed by atoms with E-state index in [2.05, 4.69) is 11.8 Å². The summed E-state index contributed by atoms with van der Waals surface area (Å²) in [5, 5.41) is 0. The highest BCUT2D eigenvalue weighted by Crippen LogP contribution is 2.32. The van der Waals surface area contributed by atoms with Crippen LogP contribution >= 0.6 is 0 Å². The fourth-order valence-corrected chi connectivity index (χ4v) is 2.52. The first-order valence-electron chi connectivity index (χ1n) is 7.86. The van der Waals surface area contributed by atoms with Crippen LogP contribution in [-0.4, -0.2) is 40.9 Å². The summed E-state index contributed by atoms with van der Waals surface area (Å²) in [6, 6.07) is 0. The molecule has 2 rings (SSSR count). The van der Waals surface area contributed by atoms with Gasteiger partial charge in [0.2, 0.25) is 0 Å². The minimum Gasteiger partial charge on any atom is -0.463 e. The maximum Gasteiger partial charge on any atom is 0.423 e. The highest BCUT2D eigenvalue weighted by atomic mass is 19.4. The molecule has 1 aromatic rings. The van der Waals surface area contributed by atoms with Crippen molar-refractivity contribution >= 4 is 5.97 Å². The van der Waals surface area contributed by atoms with Crippen LogP contribution in [0.25, 0.3) is 0 Å². The Morgan fingerprint density at radius 2 is 2.15 bits per heavy atom. The maximum absolute atomic E-state index is 12.9. The van der Waals surface area contributed by atoms with E-state index in [1.165, 1.54) is 6.92 Å². The van der Waals surface area contributed by atoms with E-state index >= 15 is 0 Å². The first-order chi connectivity index (χ1) is 12.6. The molecule has 1 aromatic heterocycles. The fourth-order valence-electron chi connectivity index (χ4n) is 2.52. The van der Waals surface area contributed by atoms with Gasteiger partial charge in [0, 0.05) is 19.5 Å². The molecule has 0 aliphatic carbocycles. The Morgan fingerprint density at radius 3 is 2.74 bits per heavy atom. The molecule has 0 aromatic carbocycles.